The minimum atomic E-state index is -0.778. The molecule has 2 aromatic carbocycles. The van der Waals surface area contributed by atoms with Crippen LogP contribution in [0.5, 0.6) is 0 Å². The summed E-state index contributed by atoms with van der Waals surface area (Å²) < 4.78 is 0. The molecule has 2 aromatic heterocycles. The van der Waals surface area contributed by atoms with E-state index in [4.69, 9.17) is 5.73 Å². The van der Waals surface area contributed by atoms with Gasteiger partial charge in [0.1, 0.15) is 17.4 Å². The van der Waals surface area contributed by atoms with Crippen LogP contribution in [-0.4, -0.2) is 50.3 Å². The molecule has 3 aliphatic rings. The highest BCUT2D eigenvalue weighted by atomic mass is 16.4. The second-order valence-corrected chi connectivity index (χ2v) is 14.0. The van der Waals surface area contributed by atoms with Crippen molar-refractivity contribution in [1.82, 2.24) is 14.9 Å². The highest BCUT2D eigenvalue weighted by Crippen LogP contribution is 2.43. The van der Waals surface area contributed by atoms with Crippen LogP contribution in [0.2, 0.25) is 0 Å². The molecule has 1 saturated heterocycles. The van der Waals surface area contributed by atoms with Gasteiger partial charge in [-0.25, -0.2) is 0 Å². The van der Waals surface area contributed by atoms with Crippen molar-refractivity contribution in [2.24, 2.45) is 5.73 Å². The number of aliphatic carboxylic acids is 1. The van der Waals surface area contributed by atoms with E-state index >= 15 is 0 Å². The summed E-state index contributed by atoms with van der Waals surface area (Å²) in [5.74, 6) is -0.516. The zero-order valence-electron chi connectivity index (χ0n) is 28.7. The topological polar surface area (TPSA) is 151 Å². The lowest BCUT2D eigenvalue weighted by atomic mass is 9.94. The molecule has 2 aliphatic carbocycles. The monoisotopic (exact) mass is 672 g/mol. The molecule has 5 N–H and O–H groups in total. The van der Waals surface area contributed by atoms with E-state index in [1.165, 1.54) is 0 Å². The van der Waals surface area contributed by atoms with E-state index in [-0.39, 0.29) is 11.8 Å². The average molecular weight is 673 g/mol. The first-order valence-corrected chi connectivity index (χ1v) is 17.7. The first kappa shape index (κ1) is 33.6. The quantitative estimate of drug-likeness (QED) is 0.134. The molecule has 0 unspecified atom stereocenters. The van der Waals surface area contributed by atoms with Crippen LogP contribution >= 0.6 is 0 Å². The van der Waals surface area contributed by atoms with Gasteiger partial charge in [0.25, 0.3) is 11.8 Å². The maximum Gasteiger partial charge on any atom is 0.320 e. The molecule has 4 aromatic rings. The Morgan fingerprint density at radius 1 is 0.780 bits per heavy atom. The SMILES string of the molecule is Cc1c(NC(=O)c2cc(C3CC3)c(CN)cn2)cccc1-c1cccc(NC(=O)c2cc(C3CC3)c(CN3CCCC[C@H]3C(=O)O)cn2)c1C. The second-order valence-electron chi connectivity index (χ2n) is 14.0. The lowest BCUT2D eigenvalue weighted by molar-refractivity contribution is -0.144. The van der Waals surface area contributed by atoms with Crippen molar-refractivity contribution in [3.05, 3.63) is 106 Å². The predicted molar refractivity (Wildman–Crippen MR) is 193 cm³/mol. The fraction of sp³-hybridized carbons (Fsp3) is 0.375. The molecule has 2 saturated carbocycles. The van der Waals surface area contributed by atoms with Crippen LogP contribution in [0.1, 0.15) is 111 Å². The van der Waals surface area contributed by atoms with Gasteiger partial charge in [0.15, 0.2) is 0 Å². The highest BCUT2D eigenvalue weighted by Gasteiger charge is 2.32. The van der Waals surface area contributed by atoms with Gasteiger partial charge < -0.3 is 21.5 Å². The van der Waals surface area contributed by atoms with E-state index in [0.717, 1.165) is 89.6 Å². The molecular formula is C40H44N6O4. The Kier molecular flexibility index (Phi) is 9.48. The van der Waals surface area contributed by atoms with Gasteiger partial charge in [-0.3, -0.25) is 29.3 Å². The Labute approximate surface area is 292 Å². The number of likely N-dealkylation sites (tertiary alicyclic amines) is 1. The van der Waals surface area contributed by atoms with E-state index < -0.39 is 12.0 Å². The summed E-state index contributed by atoms with van der Waals surface area (Å²) in [7, 11) is 0. The number of pyridine rings is 2. The summed E-state index contributed by atoms with van der Waals surface area (Å²) in [6.07, 6.45) is 10.4. The number of aromatic nitrogens is 2. The Balaban J connectivity index is 1.09. The molecule has 0 bridgehead atoms. The van der Waals surface area contributed by atoms with Crippen LogP contribution in [0.3, 0.4) is 0 Å². The number of nitrogens with zero attached hydrogens (tertiary/aromatic N) is 3. The van der Waals surface area contributed by atoms with Gasteiger partial charge >= 0.3 is 5.97 Å². The van der Waals surface area contributed by atoms with Crippen molar-refractivity contribution in [1.29, 1.82) is 0 Å². The van der Waals surface area contributed by atoms with E-state index in [1.54, 1.807) is 12.4 Å². The highest BCUT2D eigenvalue weighted by molar-refractivity contribution is 6.05. The van der Waals surface area contributed by atoms with Gasteiger partial charge in [-0.15, -0.1) is 0 Å². The second kappa shape index (κ2) is 14.1. The number of benzene rings is 2. The molecule has 1 aliphatic heterocycles. The molecule has 7 rings (SSSR count). The van der Waals surface area contributed by atoms with Gasteiger partial charge in [0, 0.05) is 36.9 Å². The van der Waals surface area contributed by atoms with Crippen molar-refractivity contribution in [2.75, 3.05) is 17.2 Å². The van der Waals surface area contributed by atoms with Crippen LogP contribution in [0.15, 0.2) is 60.9 Å². The number of nitrogens with two attached hydrogens (primary N) is 1. The van der Waals surface area contributed by atoms with Gasteiger partial charge in [0.2, 0.25) is 0 Å². The van der Waals surface area contributed by atoms with Crippen molar-refractivity contribution >= 4 is 29.2 Å². The number of hydrogen-bond acceptors (Lipinski definition) is 7. The first-order chi connectivity index (χ1) is 24.2. The normalized spacial score (nSPS) is 17.7. The molecule has 50 heavy (non-hydrogen) atoms. The van der Waals surface area contributed by atoms with Gasteiger partial charge in [-0.2, -0.15) is 0 Å². The minimum Gasteiger partial charge on any atom is -0.480 e. The Bertz CT molecular complexity index is 1970. The van der Waals surface area contributed by atoms with Crippen molar-refractivity contribution in [3.8, 4) is 11.1 Å². The third-order valence-corrected chi connectivity index (χ3v) is 10.5. The largest absolute Gasteiger partial charge is 0.480 e. The summed E-state index contributed by atoms with van der Waals surface area (Å²) in [5, 5.41) is 15.9. The average Bonchev–Trinajstić information content (AvgIpc) is 4.05. The smallest absolute Gasteiger partial charge is 0.320 e. The summed E-state index contributed by atoms with van der Waals surface area (Å²) >= 11 is 0. The zero-order chi connectivity index (χ0) is 34.9. The number of carbonyl (C=O) groups is 3. The van der Waals surface area contributed by atoms with Crippen molar-refractivity contribution < 1.29 is 19.5 Å². The van der Waals surface area contributed by atoms with Crippen molar-refractivity contribution in [2.45, 2.75) is 89.8 Å². The molecule has 0 radical (unpaired) electrons. The third-order valence-electron chi connectivity index (χ3n) is 10.5. The van der Waals surface area contributed by atoms with Crippen LogP contribution < -0.4 is 16.4 Å². The summed E-state index contributed by atoms with van der Waals surface area (Å²) in [5.41, 5.74) is 15.9. The molecular weight excluding hydrogens is 628 g/mol. The van der Waals surface area contributed by atoms with E-state index in [0.29, 0.717) is 54.1 Å². The first-order valence-electron chi connectivity index (χ1n) is 17.7. The third kappa shape index (κ3) is 7.04. The Morgan fingerprint density at radius 2 is 1.30 bits per heavy atom. The molecule has 10 heteroatoms. The van der Waals surface area contributed by atoms with Crippen LogP contribution in [0, 0.1) is 13.8 Å². The van der Waals surface area contributed by atoms with Crippen LogP contribution in [0.4, 0.5) is 11.4 Å². The van der Waals surface area contributed by atoms with Gasteiger partial charge in [0.05, 0.1) is 0 Å². The molecule has 0 spiro atoms. The lowest BCUT2D eigenvalue weighted by Crippen LogP contribution is -2.44. The van der Waals surface area contributed by atoms with E-state index in [9.17, 15) is 19.5 Å². The summed E-state index contributed by atoms with van der Waals surface area (Å²) in [6, 6.07) is 14.9. The number of carboxylic acids is 1. The fourth-order valence-electron chi connectivity index (χ4n) is 7.28. The minimum absolute atomic E-state index is 0.268. The maximum atomic E-state index is 13.6. The number of piperidine rings is 1. The fourth-order valence-corrected chi connectivity index (χ4v) is 7.28. The number of hydrogen-bond donors (Lipinski definition) is 4. The lowest BCUT2D eigenvalue weighted by Gasteiger charge is -2.33. The standard InChI is InChI=1S/C40H44N6O4/c1-23-29(7-5-9-33(23)44-38(47)35-17-31(25-12-13-25)27(19-41)20-42-35)30-8-6-10-34(24(30)2)45-39(48)36-18-32(26-14-15-26)28(21-43-36)22-46-16-4-3-11-37(46)40(49)50/h5-10,17-18,20-21,25-26,37H,3-4,11-16,19,22,41H2,1-2H3,(H,44,47)(H,45,48)(H,49,50)/t37-/m0/s1. The van der Waals surface area contributed by atoms with Gasteiger partial charge in [-0.1, -0.05) is 30.7 Å². The number of rotatable bonds is 11. The maximum absolute atomic E-state index is 13.6. The molecule has 3 fully saturated rings. The number of nitrogens with one attached hydrogen (secondary N) is 2. The predicted octanol–water partition coefficient (Wildman–Crippen LogP) is 6.92. The molecule has 2 amide bonds. The van der Waals surface area contributed by atoms with Crippen molar-refractivity contribution in [3.63, 3.8) is 0 Å². The van der Waals surface area contributed by atoms with Crippen LogP contribution in [0.25, 0.3) is 11.1 Å². The number of carboxylic acid groups (broad SMARTS) is 1. The van der Waals surface area contributed by atoms with E-state index in [2.05, 4.69) is 20.6 Å². The van der Waals surface area contributed by atoms with Gasteiger partial charge in [-0.05, 0) is 140 Å². The van der Waals surface area contributed by atoms with E-state index in [1.807, 2.05) is 67.3 Å². The number of amides is 2. The summed E-state index contributed by atoms with van der Waals surface area (Å²) in [6.45, 7) is 5.62. The number of carbonyl (C=O) groups excluding carboxylic acids is 2. The summed E-state index contributed by atoms with van der Waals surface area (Å²) in [4.78, 5) is 49.8. The molecule has 3 heterocycles. The Morgan fingerprint density at radius 3 is 1.80 bits per heavy atom. The zero-order valence-corrected chi connectivity index (χ0v) is 28.7. The van der Waals surface area contributed by atoms with Crippen LogP contribution in [-0.2, 0) is 17.9 Å². The number of anilines is 2. The molecule has 258 valence electrons. The Hall–Kier alpha value is -4.93. The molecule has 10 nitrogen and oxygen atoms in total. The molecule has 1 atom stereocenters.